The van der Waals surface area contributed by atoms with Gasteiger partial charge in [-0.15, -0.1) is 0 Å². The molecule has 1 N–H and O–H groups in total. The number of thioether (sulfide) groups is 1. The second-order valence-corrected chi connectivity index (χ2v) is 6.72. The summed E-state index contributed by atoms with van der Waals surface area (Å²) in [6, 6.07) is 0. The highest BCUT2D eigenvalue weighted by atomic mass is 32.2. The van der Waals surface area contributed by atoms with E-state index < -0.39 is 5.97 Å². The Balaban J connectivity index is 2.94. The van der Waals surface area contributed by atoms with E-state index in [9.17, 15) is 4.79 Å². The molecule has 0 aliphatic carbocycles. The van der Waals surface area contributed by atoms with E-state index in [4.69, 9.17) is 5.11 Å². The smallest absolute Gasteiger partial charge is 0.303 e. The quantitative estimate of drug-likeness (QED) is 0.361. The molecule has 0 aromatic heterocycles. The first-order valence-electron chi connectivity index (χ1n) is 8.48. The van der Waals surface area contributed by atoms with Crippen LogP contribution in [0.2, 0.25) is 0 Å². The number of unbranched alkanes of at least 4 members (excludes halogenated alkanes) is 12. The highest BCUT2D eigenvalue weighted by Gasteiger charge is 1.97. The van der Waals surface area contributed by atoms with Gasteiger partial charge in [-0.05, 0) is 24.9 Å². The number of aliphatic carboxylic acids is 1. The van der Waals surface area contributed by atoms with Gasteiger partial charge < -0.3 is 5.11 Å². The minimum atomic E-state index is -0.654. The Morgan fingerprint density at radius 2 is 1.05 bits per heavy atom. The van der Waals surface area contributed by atoms with E-state index in [1.165, 1.54) is 76.4 Å². The molecule has 0 saturated heterocycles. The van der Waals surface area contributed by atoms with Crippen molar-refractivity contribution in [1.29, 1.82) is 0 Å². The second-order valence-electron chi connectivity index (χ2n) is 5.73. The standard InChI is InChI=1S/C17H34O2S/c1-20-16-14-12-10-8-6-4-2-3-5-7-9-11-13-15-17(18)19/h2-16H2,1H3,(H,18,19). The molecule has 0 spiro atoms. The molecule has 0 bridgehead atoms. The number of carboxylic acid groups (broad SMARTS) is 1. The molecule has 0 amide bonds. The van der Waals surface area contributed by atoms with Gasteiger partial charge in [0.15, 0.2) is 0 Å². The van der Waals surface area contributed by atoms with Crippen molar-refractivity contribution in [3.63, 3.8) is 0 Å². The zero-order valence-corrected chi connectivity index (χ0v) is 14.2. The molecule has 0 aromatic rings. The molecule has 120 valence electrons. The molecule has 0 heterocycles. The first-order valence-corrected chi connectivity index (χ1v) is 9.87. The fraction of sp³-hybridized carbons (Fsp3) is 0.941. The predicted molar refractivity (Wildman–Crippen MR) is 90.7 cm³/mol. The number of rotatable bonds is 16. The number of carbonyl (C=O) groups is 1. The lowest BCUT2D eigenvalue weighted by molar-refractivity contribution is -0.137. The Kier molecular flexibility index (Phi) is 16.7. The van der Waals surface area contributed by atoms with Crippen molar-refractivity contribution >= 4 is 17.7 Å². The van der Waals surface area contributed by atoms with Crippen LogP contribution in [0, 0.1) is 0 Å². The molecule has 0 aliphatic rings. The summed E-state index contributed by atoms with van der Waals surface area (Å²) in [5.74, 6) is 0.672. The lowest BCUT2D eigenvalue weighted by Gasteiger charge is -2.03. The topological polar surface area (TPSA) is 37.3 Å². The third kappa shape index (κ3) is 17.8. The first kappa shape index (κ1) is 19.8. The highest BCUT2D eigenvalue weighted by Crippen LogP contribution is 2.13. The van der Waals surface area contributed by atoms with Gasteiger partial charge in [-0.3, -0.25) is 4.79 Å². The molecular formula is C17H34O2S. The maximum absolute atomic E-state index is 10.3. The first-order chi connectivity index (χ1) is 9.77. The van der Waals surface area contributed by atoms with Crippen LogP contribution < -0.4 is 0 Å². The summed E-state index contributed by atoms with van der Waals surface area (Å²) in [7, 11) is 0. The average molecular weight is 303 g/mol. The monoisotopic (exact) mass is 302 g/mol. The predicted octanol–water partition coefficient (Wildman–Crippen LogP) is 5.90. The summed E-state index contributed by atoms with van der Waals surface area (Å²) < 4.78 is 0. The fourth-order valence-electron chi connectivity index (χ4n) is 2.47. The van der Waals surface area contributed by atoms with Crippen molar-refractivity contribution in [2.45, 2.75) is 89.9 Å². The minimum Gasteiger partial charge on any atom is -0.481 e. The summed E-state index contributed by atoms with van der Waals surface area (Å²) in [5.41, 5.74) is 0. The van der Waals surface area contributed by atoms with E-state index in [0.29, 0.717) is 6.42 Å². The third-order valence-corrected chi connectivity index (χ3v) is 4.44. The molecule has 0 rings (SSSR count). The second kappa shape index (κ2) is 16.9. The highest BCUT2D eigenvalue weighted by molar-refractivity contribution is 7.98. The fourth-order valence-corrected chi connectivity index (χ4v) is 2.96. The van der Waals surface area contributed by atoms with Crippen LogP contribution in [-0.2, 0) is 4.79 Å². The Morgan fingerprint density at radius 3 is 1.40 bits per heavy atom. The Hall–Kier alpha value is -0.180. The molecule has 0 unspecified atom stereocenters. The zero-order chi connectivity index (χ0) is 14.9. The van der Waals surface area contributed by atoms with Gasteiger partial charge in [0.2, 0.25) is 0 Å². The zero-order valence-electron chi connectivity index (χ0n) is 13.4. The Bertz CT molecular complexity index is 207. The maximum Gasteiger partial charge on any atom is 0.303 e. The van der Waals surface area contributed by atoms with Crippen molar-refractivity contribution in [3.8, 4) is 0 Å². The van der Waals surface area contributed by atoms with Gasteiger partial charge >= 0.3 is 5.97 Å². The summed E-state index contributed by atoms with van der Waals surface area (Å²) >= 11 is 1.96. The van der Waals surface area contributed by atoms with Crippen molar-refractivity contribution in [3.05, 3.63) is 0 Å². The Morgan fingerprint density at radius 1 is 0.700 bits per heavy atom. The van der Waals surface area contributed by atoms with Gasteiger partial charge in [0.1, 0.15) is 0 Å². The van der Waals surface area contributed by atoms with E-state index >= 15 is 0 Å². The van der Waals surface area contributed by atoms with Crippen LogP contribution in [0.15, 0.2) is 0 Å². The van der Waals surface area contributed by atoms with Gasteiger partial charge in [-0.2, -0.15) is 11.8 Å². The van der Waals surface area contributed by atoms with Gasteiger partial charge in [0.25, 0.3) is 0 Å². The van der Waals surface area contributed by atoms with E-state index in [1.54, 1.807) is 0 Å². The van der Waals surface area contributed by atoms with Gasteiger partial charge in [0, 0.05) is 6.42 Å². The molecule has 0 radical (unpaired) electrons. The van der Waals surface area contributed by atoms with Crippen LogP contribution in [0.3, 0.4) is 0 Å². The molecule has 0 atom stereocenters. The summed E-state index contributed by atoms with van der Waals surface area (Å²) in [6.45, 7) is 0. The SMILES string of the molecule is CSCCCCCCCCCCCCCCCC(=O)O. The molecule has 3 heteroatoms. The summed E-state index contributed by atoms with van der Waals surface area (Å²) in [6.07, 6.45) is 19.5. The molecular weight excluding hydrogens is 268 g/mol. The molecule has 0 fully saturated rings. The molecule has 20 heavy (non-hydrogen) atoms. The maximum atomic E-state index is 10.3. The molecule has 0 saturated carbocycles. The van der Waals surface area contributed by atoms with Gasteiger partial charge in [-0.1, -0.05) is 70.6 Å². The average Bonchev–Trinajstić information content (AvgIpc) is 2.43. The normalized spacial score (nSPS) is 10.8. The van der Waals surface area contributed by atoms with Crippen LogP contribution in [-0.4, -0.2) is 23.1 Å². The molecule has 0 aromatic carbocycles. The van der Waals surface area contributed by atoms with Crippen molar-refractivity contribution in [2.75, 3.05) is 12.0 Å². The van der Waals surface area contributed by atoms with Gasteiger partial charge in [-0.25, -0.2) is 0 Å². The van der Waals surface area contributed by atoms with Crippen LogP contribution in [0.1, 0.15) is 89.9 Å². The van der Waals surface area contributed by atoms with Crippen LogP contribution >= 0.6 is 11.8 Å². The largest absolute Gasteiger partial charge is 0.481 e. The number of hydrogen-bond donors (Lipinski definition) is 1. The van der Waals surface area contributed by atoms with Crippen LogP contribution in [0.5, 0.6) is 0 Å². The van der Waals surface area contributed by atoms with E-state index in [1.807, 2.05) is 11.8 Å². The third-order valence-electron chi connectivity index (χ3n) is 3.74. The van der Waals surface area contributed by atoms with E-state index in [0.717, 1.165) is 12.8 Å². The van der Waals surface area contributed by atoms with Crippen LogP contribution in [0.25, 0.3) is 0 Å². The van der Waals surface area contributed by atoms with Crippen molar-refractivity contribution in [2.24, 2.45) is 0 Å². The molecule has 0 aliphatic heterocycles. The minimum absolute atomic E-state index is 0.344. The molecule has 2 nitrogen and oxygen atoms in total. The number of carboxylic acids is 1. The van der Waals surface area contributed by atoms with Crippen molar-refractivity contribution < 1.29 is 9.90 Å². The Labute approximate surface area is 130 Å². The summed E-state index contributed by atoms with van der Waals surface area (Å²) in [5, 5.41) is 8.52. The van der Waals surface area contributed by atoms with E-state index in [2.05, 4.69) is 6.26 Å². The van der Waals surface area contributed by atoms with Crippen LogP contribution in [0.4, 0.5) is 0 Å². The van der Waals surface area contributed by atoms with Crippen molar-refractivity contribution in [1.82, 2.24) is 0 Å². The lowest BCUT2D eigenvalue weighted by Crippen LogP contribution is -1.93. The number of hydrogen-bond acceptors (Lipinski definition) is 2. The van der Waals surface area contributed by atoms with Gasteiger partial charge in [0.05, 0.1) is 0 Å². The summed E-state index contributed by atoms with van der Waals surface area (Å²) in [4.78, 5) is 10.3. The van der Waals surface area contributed by atoms with E-state index in [-0.39, 0.29) is 0 Å². The lowest BCUT2D eigenvalue weighted by atomic mass is 10.0.